The van der Waals surface area contributed by atoms with Crippen LogP contribution >= 0.6 is 27.5 Å². The van der Waals surface area contributed by atoms with Gasteiger partial charge < -0.3 is 15.6 Å². The van der Waals surface area contributed by atoms with Crippen LogP contribution in [0.1, 0.15) is 6.92 Å². The molecule has 0 aliphatic carbocycles. The fourth-order valence-corrected chi connectivity index (χ4v) is 1.86. The number of halogens is 2. The van der Waals surface area contributed by atoms with Crippen molar-refractivity contribution < 1.29 is 14.6 Å². The molecule has 0 heterocycles. The standard InChI is InChI=1S/C9H9BrClNO3/c1-4(9(13)14)15-8-6(10)2-5(11)3-7(8)12/h2-4H,12H2,1H3,(H,13,14). The zero-order valence-corrected chi connectivity index (χ0v) is 10.2. The minimum absolute atomic E-state index is 0.286. The molecular weight excluding hydrogens is 285 g/mol. The van der Waals surface area contributed by atoms with E-state index in [1.54, 1.807) is 6.07 Å². The van der Waals surface area contributed by atoms with E-state index in [0.717, 1.165) is 0 Å². The summed E-state index contributed by atoms with van der Waals surface area (Å²) in [7, 11) is 0. The Labute approximate surface area is 100 Å². The maximum absolute atomic E-state index is 10.6. The fourth-order valence-electron chi connectivity index (χ4n) is 0.932. The molecule has 1 aromatic rings. The summed E-state index contributed by atoms with van der Waals surface area (Å²) in [6.07, 6.45) is -0.968. The van der Waals surface area contributed by atoms with E-state index in [9.17, 15) is 4.79 Å². The molecule has 0 radical (unpaired) electrons. The van der Waals surface area contributed by atoms with Gasteiger partial charge in [-0.05, 0) is 35.0 Å². The topological polar surface area (TPSA) is 72.5 Å². The fraction of sp³-hybridized carbons (Fsp3) is 0.222. The smallest absolute Gasteiger partial charge is 0.344 e. The lowest BCUT2D eigenvalue weighted by molar-refractivity contribution is -0.144. The highest BCUT2D eigenvalue weighted by Crippen LogP contribution is 2.35. The molecule has 1 atom stereocenters. The van der Waals surface area contributed by atoms with Crippen molar-refractivity contribution in [2.24, 2.45) is 0 Å². The molecule has 0 spiro atoms. The summed E-state index contributed by atoms with van der Waals surface area (Å²) >= 11 is 8.93. The summed E-state index contributed by atoms with van der Waals surface area (Å²) in [5.74, 6) is -0.773. The Morgan fingerprint density at radius 3 is 2.73 bits per heavy atom. The van der Waals surface area contributed by atoms with Gasteiger partial charge in [-0.1, -0.05) is 11.6 Å². The first-order chi connectivity index (χ1) is 6.91. The Balaban J connectivity index is 3.00. The van der Waals surface area contributed by atoms with Crippen LogP contribution in [-0.2, 0) is 4.79 Å². The lowest BCUT2D eigenvalue weighted by atomic mass is 10.3. The van der Waals surface area contributed by atoms with Crippen molar-refractivity contribution in [1.82, 2.24) is 0 Å². The van der Waals surface area contributed by atoms with Crippen molar-refractivity contribution in [2.75, 3.05) is 5.73 Å². The third-order valence-electron chi connectivity index (χ3n) is 1.68. The zero-order valence-electron chi connectivity index (χ0n) is 7.83. The van der Waals surface area contributed by atoms with Crippen molar-refractivity contribution in [3.63, 3.8) is 0 Å². The number of aliphatic carboxylic acids is 1. The summed E-state index contributed by atoms with van der Waals surface area (Å²) in [6, 6.07) is 3.08. The molecule has 0 aromatic heterocycles. The van der Waals surface area contributed by atoms with Gasteiger partial charge in [0.15, 0.2) is 11.9 Å². The highest BCUT2D eigenvalue weighted by molar-refractivity contribution is 9.10. The summed E-state index contributed by atoms with van der Waals surface area (Å²) in [5.41, 5.74) is 5.93. The average molecular weight is 295 g/mol. The maximum Gasteiger partial charge on any atom is 0.344 e. The molecule has 6 heteroatoms. The van der Waals surface area contributed by atoms with Crippen molar-refractivity contribution in [3.05, 3.63) is 21.6 Å². The zero-order chi connectivity index (χ0) is 11.6. The van der Waals surface area contributed by atoms with Gasteiger partial charge in [0.05, 0.1) is 10.2 Å². The number of benzene rings is 1. The normalized spacial score (nSPS) is 12.2. The van der Waals surface area contributed by atoms with Crippen molar-refractivity contribution in [2.45, 2.75) is 13.0 Å². The van der Waals surface area contributed by atoms with E-state index in [0.29, 0.717) is 15.2 Å². The monoisotopic (exact) mass is 293 g/mol. The SMILES string of the molecule is CC(Oc1c(N)cc(Cl)cc1Br)C(=O)O. The number of hydrogen-bond donors (Lipinski definition) is 2. The second kappa shape index (κ2) is 4.72. The van der Waals surface area contributed by atoms with Gasteiger partial charge in [0.1, 0.15) is 0 Å². The first kappa shape index (κ1) is 12.1. The van der Waals surface area contributed by atoms with Crippen LogP contribution in [0.25, 0.3) is 0 Å². The maximum atomic E-state index is 10.6. The number of nitrogen functional groups attached to an aromatic ring is 1. The van der Waals surface area contributed by atoms with Crippen LogP contribution in [0, 0.1) is 0 Å². The van der Waals surface area contributed by atoms with Crippen molar-refractivity contribution in [3.8, 4) is 5.75 Å². The van der Waals surface area contributed by atoms with Gasteiger partial charge in [-0.15, -0.1) is 0 Å². The largest absolute Gasteiger partial charge is 0.479 e. The van der Waals surface area contributed by atoms with E-state index in [-0.39, 0.29) is 5.75 Å². The van der Waals surface area contributed by atoms with E-state index in [4.69, 9.17) is 27.2 Å². The molecule has 1 rings (SSSR count). The summed E-state index contributed by atoms with van der Waals surface area (Å²) in [4.78, 5) is 10.6. The molecule has 15 heavy (non-hydrogen) atoms. The van der Waals surface area contributed by atoms with Crippen LogP contribution in [0.5, 0.6) is 5.75 Å². The minimum atomic E-state index is -1.06. The molecule has 0 fully saturated rings. The first-order valence-corrected chi connectivity index (χ1v) is 5.23. The predicted octanol–water partition coefficient (Wildman–Crippen LogP) is 2.54. The summed E-state index contributed by atoms with van der Waals surface area (Å²) in [6.45, 7) is 1.42. The van der Waals surface area contributed by atoms with Crippen LogP contribution < -0.4 is 10.5 Å². The molecule has 0 amide bonds. The number of carbonyl (C=O) groups is 1. The number of carboxylic acids is 1. The molecule has 1 unspecified atom stereocenters. The number of anilines is 1. The van der Waals surface area contributed by atoms with Crippen LogP contribution in [0.15, 0.2) is 16.6 Å². The second-order valence-corrected chi connectivity index (χ2v) is 4.20. The average Bonchev–Trinajstić information content (AvgIpc) is 2.10. The second-order valence-electron chi connectivity index (χ2n) is 2.90. The number of ether oxygens (including phenoxy) is 1. The summed E-state index contributed by atoms with van der Waals surface area (Å²) in [5, 5.41) is 9.13. The Hall–Kier alpha value is -0.940. The number of hydrogen-bond acceptors (Lipinski definition) is 3. The number of rotatable bonds is 3. The summed E-state index contributed by atoms with van der Waals surface area (Å²) < 4.78 is 5.69. The molecule has 0 bridgehead atoms. The quantitative estimate of drug-likeness (QED) is 0.840. The molecule has 0 saturated carbocycles. The van der Waals surface area contributed by atoms with Gasteiger partial charge in [0, 0.05) is 5.02 Å². The Morgan fingerprint density at radius 2 is 2.27 bits per heavy atom. The molecule has 0 aliphatic rings. The molecule has 0 aliphatic heterocycles. The molecule has 0 saturated heterocycles. The van der Waals surface area contributed by atoms with Gasteiger partial charge in [-0.25, -0.2) is 4.79 Å². The third kappa shape index (κ3) is 3.00. The Morgan fingerprint density at radius 1 is 1.67 bits per heavy atom. The molecule has 3 N–H and O–H groups in total. The molecule has 4 nitrogen and oxygen atoms in total. The third-order valence-corrected chi connectivity index (χ3v) is 2.49. The van der Waals surface area contributed by atoms with Gasteiger partial charge >= 0.3 is 5.97 Å². The van der Waals surface area contributed by atoms with Gasteiger partial charge in [0.25, 0.3) is 0 Å². The predicted molar refractivity (Wildman–Crippen MR) is 61.3 cm³/mol. The molecule has 1 aromatic carbocycles. The first-order valence-electron chi connectivity index (χ1n) is 4.05. The van der Waals surface area contributed by atoms with Crippen LogP contribution in [0.3, 0.4) is 0 Å². The van der Waals surface area contributed by atoms with E-state index in [1.807, 2.05) is 0 Å². The molecular formula is C9H9BrClNO3. The van der Waals surface area contributed by atoms with Crippen molar-refractivity contribution >= 4 is 39.2 Å². The highest BCUT2D eigenvalue weighted by atomic mass is 79.9. The van der Waals surface area contributed by atoms with Gasteiger partial charge in [-0.3, -0.25) is 0 Å². The van der Waals surface area contributed by atoms with E-state index in [1.165, 1.54) is 13.0 Å². The Bertz CT molecular complexity index is 374. The number of nitrogens with two attached hydrogens (primary N) is 1. The van der Waals surface area contributed by atoms with E-state index in [2.05, 4.69) is 15.9 Å². The van der Waals surface area contributed by atoms with Crippen molar-refractivity contribution in [1.29, 1.82) is 0 Å². The number of carboxylic acid groups (broad SMARTS) is 1. The Kier molecular flexibility index (Phi) is 3.82. The van der Waals surface area contributed by atoms with Gasteiger partial charge in [-0.2, -0.15) is 0 Å². The van der Waals surface area contributed by atoms with Crippen LogP contribution in [-0.4, -0.2) is 17.2 Å². The van der Waals surface area contributed by atoms with E-state index >= 15 is 0 Å². The lowest BCUT2D eigenvalue weighted by Gasteiger charge is -2.14. The van der Waals surface area contributed by atoms with E-state index < -0.39 is 12.1 Å². The molecule has 82 valence electrons. The minimum Gasteiger partial charge on any atom is -0.479 e. The van der Waals surface area contributed by atoms with Crippen LogP contribution in [0.2, 0.25) is 5.02 Å². The highest BCUT2D eigenvalue weighted by Gasteiger charge is 2.16. The van der Waals surface area contributed by atoms with Crippen LogP contribution in [0.4, 0.5) is 5.69 Å². The van der Waals surface area contributed by atoms with Gasteiger partial charge in [0.2, 0.25) is 0 Å². The lowest BCUT2D eigenvalue weighted by Crippen LogP contribution is -2.23.